The summed E-state index contributed by atoms with van der Waals surface area (Å²) in [6, 6.07) is 6.29. The number of nitrogens with one attached hydrogen (secondary N) is 1. The molecular formula is C15H21N3OS. The summed E-state index contributed by atoms with van der Waals surface area (Å²) < 4.78 is 5.96. The van der Waals surface area contributed by atoms with Gasteiger partial charge in [-0.15, -0.1) is 5.10 Å². The molecule has 0 fully saturated rings. The maximum atomic E-state index is 5.96. The van der Waals surface area contributed by atoms with Crippen LogP contribution in [0.4, 0.5) is 0 Å². The van der Waals surface area contributed by atoms with Crippen LogP contribution in [0.2, 0.25) is 0 Å². The van der Waals surface area contributed by atoms with Gasteiger partial charge in [0.2, 0.25) is 0 Å². The molecule has 2 rings (SSSR count). The van der Waals surface area contributed by atoms with E-state index in [4.69, 9.17) is 4.74 Å². The van der Waals surface area contributed by atoms with Crippen LogP contribution < -0.4 is 10.1 Å². The Balaban J connectivity index is 2.29. The van der Waals surface area contributed by atoms with Crippen LogP contribution >= 0.6 is 11.3 Å². The molecule has 0 saturated heterocycles. The Morgan fingerprint density at radius 2 is 2.00 bits per heavy atom. The van der Waals surface area contributed by atoms with Crippen LogP contribution in [-0.2, 0) is 12.0 Å². The standard InChI is InChI=1S/C15H21N3OS/c1-10-6-7-11(15(2,3)4)12(8-10)19-14-18-17-13(20-14)9-16-5/h6-8,16H,9H2,1-5H3. The highest BCUT2D eigenvalue weighted by molar-refractivity contribution is 7.13. The van der Waals surface area contributed by atoms with Gasteiger partial charge in [0.1, 0.15) is 10.8 Å². The highest BCUT2D eigenvalue weighted by Crippen LogP contribution is 2.35. The van der Waals surface area contributed by atoms with Gasteiger partial charge in [0.15, 0.2) is 0 Å². The average Bonchev–Trinajstić information content (AvgIpc) is 2.75. The second kappa shape index (κ2) is 5.89. The van der Waals surface area contributed by atoms with Gasteiger partial charge in [-0.05, 0) is 31.0 Å². The quantitative estimate of drug-likeness (QED) is 0.934. The van der Waals surface area contributed by atoms with Gasteiger partial charge in [-0.1, -0.05) is 49.3 Å². The first-order valence-electron chi connectivity index (χ1n) is 6.66. The molecule has 4 nitrogen and oxygen atoms in total. The van der Waals surface area contributed by atoms with E-state index < -0.39 is 0 Å². The monoisotopic (exact) mass is 291 g/mol. The van der Waals surface area contributed by atoms with Crippen LogP contribution in [0, 0.1) is 6.92 Å². The van der Waals surface area contributed by atoms with Crippen molar-refractivity contribution in [3.05, 3.63) is 34.3 Å². The molecule has 0 aliphatic carbocycles. The molecule has 1 heterocycles. The molecule has 0 aliphatic rings. The zero-order valence-electron chi connectivity index (χ0n) is 12.7. The summed E-state index contributed by atoms with van der Waals surface area (Å²) in [5.74, 6) is 0.865. The van der Waals surface area contributed by atoms with Crippen molar-refractivity contribution in [3.8, 4) is 10.9 Å². The first kappa shape index (κ1) is 14.9. The summed E-state index contributed by atoms with van der Waals surface area (Å²) in [5.41, 5.74) is 2.38. The lowest BCUT2D eigenvalue weighted by atomic mass is 9.86. The summed E-state index contributed by atoms with van der Waals surface area (Å²) in [6.45, 7) is 9.30. The van der Waals surface area contributed by atoms with Gasteiger partial charge in [-0.2, -0.15) is 0 Å². The van der Waals surface area contributed by atoms with E-state index in [1.54, 1.807) is 0 Å². The van der Waals surface area contributed by atoms with E-state index in [-0.39, 0.29) is 5.41 Å². The minimum absolute atomic E-state index is 0.0293. The molecule has 0 unspecified atom stereocenters. The Morgan fingerprint density at radius 1 is 1.25 bits per heavy atom. The molecular weight excluding hydrogens is 270 g/mol. The van der Waals surface area contributed by atoms with Crippen molar-refractivity contribution in [1.82, 2.24) is 15.5 Å². The summed E-state index contributed by atoms with van der Waals surface area (Å²) in [6.07, 6.45) is 0. The topological polar surface area (TPSA) is 47.0 Å². The molecule has 0 atom stereocenters. The molecule has 108 valence electrons. The van der Waals surface area contributed by atoms with Crippen molar-refractivity contribution in [3.63, 3.8) is 0 Å². The Morgan fingerprint density at radius 3 is 2.65 bits per heavy atom. The minimum Gasteiger partial charge on any atom is -0.429 e. The highest BCUT2D eigenvalue weighted by atomic mass is 32.1. The fourth-order valence-electron chi connectivity index (χ4n) is 1.93. The number of rotatable bonds is 4. The summed E-state index contributed by atoms with van der Waals surface area (Å²) >= 11 is 1.47. The first-order chi connectivity index (χ1) is 9.40. The molecule has 5 heteroatoms. The zero-order chi connectivity index (χ0) is 14.8. The van der Waals surface area contributed by atoms with Gasteiger partial charge in [0.25, 0.3) is 5.19 Å². The molecule has 0 spiro atoms. The van der Waals surface area contributed by atoms with Crippen LogP contribution in [0.5, 0.6) is 10.9 Å². The normalized spacial score (nSPS) is 11.7. The van der Waals surface area contributed by atoms with Gasteiger partial charge in [-0.3, -0.25) is 0 Å². The van der Waals surface area contributed by atoms with E-state index >= 15 is 0 Å². The summed E-state index contributed by atoms with van der Waals surface area (Å²) in [4.78, 5) is 0. The van der Waals surface area contributed by atoms with Gasteiger partial charge in [-0.25, -0.2) is 0 Å². The zero-order valence-corrected chi connectivity index (χ0v) is 13.5. The lowest BCUT2D eigenvalue weighted by molar-refractivity contribution is 0.448. The number of nitrogens with zero attached hydrogens (tertiary/aromatic N) is 2. The third-order valence-corrected chi connectivity index (χ3v) is 3.72. The highest BCUT2D eigenvalue weighted by Gasteiger charge is 2.20. The van der Waals surface area contributed by atoms with Crippen LogP contribution in [-0.4, -0.2) is 17.2 Å². The number of hydrogen-bond donors (Lipinski definition) is 1. The lowest BCUT2D eigenvalue weighted by Crippen LogP contribution is -2.12. The van der Waals surface area contributed by atoms with Gasteiger partial charge in [0, 0.05) is 12.1 Å². The average molecular weight is 291 g/mol. The summed E-state index contributed by atoms with van der Waals surface area (Å²) in [7, 11) is 1.89. The van der Waals surface area contributed by atoms with Crippen LogP contribution in [0.3, 0.4) is 0 Å². The smallest absolute Gasteiger partial charge is 0.299 e. The minimum atomic E-state index is 0.0293. The van der Waals surface area contributed by atoms with E-state index in [9.17, 15) is 0 Å². The molecule has 0 aliphatic heterocycles. The van der Waals surface area contributed by atoms with Crippen molar-refractivity contribution >= 4 is 11.3 Å². The third kappa shape index (κ3) is 3.55. The van der Waals surface area contributed by atoms with Crippen LogP contribution in [0.25, 0.3) is 0 Å². The van der Waals surface area contributed by atoms with Crippen molar-refractivity contribution in [2.75, 3.05) is 7.05 Å². The molecule has 20 heavy (non-hydrogen) atoms. The van der Waals surface area contributed by atoms with E-state index in [1.807, 2.05) is 7.05 Å². The van der Waals surface area contributed by atoms with Crippen molar-refractivity contribution < 1.29 is 4.74 Å². The summed E-state index contributed by atoms with van der Waals surface area (Å²) in [5, 5.41) is 12.8. The largest absolute Gasteiger partial charge is 0.429 e. The SMILES string of the molecule is CNCc1nnc(Oc2cc(C)ccc2C(C)(C)C)s1. The second-order valence-corrected chi connectivity index (χ2v) is 6.87. The number of aryl methyl sites for hydroxylation is 1. The maximum absolute atomic E-state index is 5.96. The van der Waals surface area contributed by atoms with E-state index in [1.165, 1.54) is 22.5 Å². The van der Waals surface area contributed by atoms with E-state index in [0.717, 1.165) is 10.8 Å². The van der Waals surface area contributed by atoms with Crippen molar-refractivity contribution in [1.29, 1.82) is 0 Å². The first-order valence-corrected chi connectivity index (χ1v) is 7.48. The third-order valence-electron chi connectivity index (χ3n) is 2.92. The van der Waals surface area contributed by atoms with E-state index in [0.29, 0.717) is 11.7 Å². The predicted octanol–water partition coefficient (Wildman–Crippen LogP) is 3.66. The molecule has 0 radical (unpaired) electrons. The molecule has 0 amide bonds. The predicted molar refractivity (Wildman–Crippen MR) is 82.6 cm³/mol. The Bertz CT molecular complexity index is 587. The molecule has 0 saturated carbocycles. The number of aromatic nitrogens is 2. The van der Waals surface area contributed by atoms with Crippen LogP contribution in [0.1, 0.15) is 36.9 Å². The Labute approximate surface area is 124 Å². The number of benzene rings is 1. The molecule has 1 N–H and O–H groups in total. The van der Waals surface area contributed by atoms with Crippen molar-refractivity contribution in [2.24, 2.45) is 0 Å². The fraction of sp³-hybridized carbons (Fsp3) is 0.467. The molecule has 1 aromatic heterocycles. The molecule has 0 bridgehead atoms. The second-order valence-electron chi connectivity index (χ2n) is 5.84. The lowest BCUT2D eigenvalue weighted by Gasteiger charge is -2.22. The van der Waals surface area contributed by atoms with Crippen LogP contribution in [0.15, 0.2) is 18.2 Å². The van der Waals surface area contributed by atoms with Gasteiger partial charge in [0.05, 0.1) is 0 Å². The Hall–Kier alpha value is -1.46. The Kier molecular flexibility index (Phi) is 4.40. The van der Waals surface area contributed by atoms with E-state index in [2.05, 4.69) is 61.4 Å². The van der Waals surface area contributed by atoms with Gasteiger partial charge < -0.3 is 10.1 Å². The maximum Gasteiger partial charge on any atom is 0.299 e. The van der Waals surface area contributed by atoms with Crippen molar-refractivity contribution in [2.45, 2.75) is 39.7 Å². The van der Waals surface area contributed by atoms with Gasteiger partial charge >= 0.3 is 0 Å². The molecule has 1 aromatic carbocycles. The fourth-order valence-corrected chi connectivity index (χ4v) is 2.64. The molecule has 2 aromatic rings. The number of ether oxygens (including phenoxy) is 1. The number of hydrogen-bond acceptors (Lipinski definition) is 5.